The molecule has 2 aromatic rings. The van der Waals surface area contributed by atoms with Crippen molar-refractivity contribution in [3.63, 3.8) is 0 Å². The number of thiazole rings is 1. The van der Waals surface area contributed by atoms with E-state index in [9.17, 15) is 4.79 Å². The van der Waals surface area contributed by atoms with Crippen LogP contribution in [0.1, 0.15) is 24.2 Å². The van der Waals surface area contributed by atoms with Gasteiger partial charge in [-0.1, -0.05) is 0 Å². The molecule has 8 heteroatoms. The number of ether oxygens (including phenoxy) is 2. The zero-order valence-electron chi connectivity index (χ0n) is 16.2. The van der Waals surface area contributed by atoms with Crippen molar-refractivity contribution in [3.8, 4) is 11.5 Å². The number of hydrogen-bond donors (Lipinski definition) is 1. The molecule has 1 saturated heterocycles. The number of aryl methyl sites for hydroxylation is 1. The number of nitrogens with zero attached hydrogens (tertiary/aromatic N) is 3. The molecule has 0 radical (unpaired) electrons. The predicted octanol–water partition coefficient (Wildman–Crippen LogP) is 3.06. The second-order valence-corrected chi connectivity index (χ2v) is 7.36. The molecule has 2 amide bonds. The van der Waals surface area contributed by atoms with Crippen LogP contribution in [0, 0.1) is 6.92 Å². The third-order valence-electron chi connectivity index (χ3n) is 4.69. The Morgan fingerprint density at radius 3 is 2.56 bits per heavy atom. The van der Waals surface area contributed by atoms with Gasteiger partial charge in [0.05, 0.1) is 26.0 Å². The second kappa shape index (κ2) is 8.47. The Balaban J connectivity index is 1.58. The van der Waals surface area contributed by atoms with E-state index < -0.39 is 0 Å². The molecule has 146 valence electrons. The summed E-state index contributed by atoms with van der Waals surface area (Å²) in [6.07, 6.45) is 0. The molecule has 1 unspecified atom stereocenters. The van der Waals surface area contributed by atoms with Crippen molar-refractivity contribution in [2.24, 2.45) is 0 Å². The molecule has 3 rings (SSSR count). The van der Waals surface area contributed by atoms with Gasteiger partial charge in [0.1, 0.15) is 11.5 Å². The summed E-state index contributed by atoms with van der Waals surface area (Å²) in [7, 11) is 3.23. The molecule has 1 atom stereocenters. The first-order valence-electron chi connectivity index (χ1n) is 8.96. The van der Waals surface area contributed by atoms with E-state index in [1.807, 2.05) is 36.9 Å². The number of aromatic nitrogens is 1. The van der Waals surface area contributed by atoms with Crippen molar-refractivity contribution in [2.45, 2.75) is 19.9 Å². The van der Waals surface area contributed by atoms with Gasteiger partial charge in [-0.15, -0.1) is 11.3 Å². The van der Waals surface area contributed by atoms with E-state index in [0.717, 1.165) is 35.2 Å². The highest BCUT2D eigenvalue weighted by Gasteiger charge is 2.24. The molecule has 0 bridgehead atoms. The number of piperazine rings is 1. The number of urea groups is 1. The third-order valence-corrected chi connectivity index (χ3v) is 5.71. The van der Waals surface area contributed by atoms with Crippen LogP contribution >= 0.6 is 11.3 Å². The lowest BCUT2D eigenvalue weighted by molar-refractivity contribution is 0.191. The molecule has 2 heterocycles. The van der Waals surface area contributed by atoms with Gasteiger partial charge in [-0.2, -0.15) is 0 Å². The van der Waals surface area contributed by atoms with Gasteiger partial charge >= 0.3 is 6.03 Å². The summed E-state index contributed by atoms with van der Waals surface area (Å²) in [6, 6.07) is 5.39. The van der Waals surface area contributed by atoms with E-state index in [1.54, 1.807) is 25.6 Å². The summed E-state index contributed by atoms with van der Waals surface area (Å²) in [5.41, 5.74) is 1.96. The van der Waals surface area contributed by atoms with E-state index in [2.05, 4.69) is 20.6 Å². The molecule has 0 saturated carbocycles. The molecule has 7 nitrogen and oxygen atoms in total. The minimum Gasteiger partial charge on any atom is -0.497 e. The van der Waals surface area contributed by atoms with Crippen LogP contribution in [0.3, 0.4) is 0 Å². The van der Waals surface area contributed by atoms with Gasteiger partial charge in [0.25, 0.3) is 0 Å². The van der Waals surface area contributed by atoms with E-state index in [4.69, 9.17) is 9.47 Å². The first-order valence-corrected chi connectivity index (χ1v) is 9.84. The molecule has 1 aromatic carbocycles. The first kappa shape index (κ1) is 19.3. The maximum absolute atomic E-state index is 12.7. The average Bonchev–Trinajstić information content (AvgIpc) is 3.13. The Bertz CT molecular complexity index is 787. The van der Waals surface area contributed by atoms with Crippen molar-refractivity contribution in [2.75, 3.05) is 45.3 Å². The summed E-state index contributed by atoms with van der Waals surface area (Å²) in [6.45, 7) is 6.89. The highest BCUT2D eigenvalue weighted by molar-refractivity contribution is 7.13. The number of methoxy groups -OCH3 is 2. The minimum absolute atomic E-state index is 0.0599. The topological polar surface area (TPSA) is 66.9 Å². The summed E-state index contributed by atoms with van der Waals surface area (Å²) < 4.78 is 10.7. The van der Waals surface area contributed by atoms with Crippen molar-refractivity contribution < 1.29 is 14.3 Å². The fraction of sp³-hybridized carbons (Fsp3) is 0.474. The van der Waals surface area contributed by atoms with Crippen LogP contribution < -0.4 is 19.7 Å². The summed E-state index contributed by atoms with van der Waals surface area (Å²) in [5, 5.41) is 6.16. The summed E-state index contributed by atoms with van der Waals surface area (Å²) in [5.74, 6) is 1.42. The van der Waals surface area contributed by atoms with Crippen molar-refractivity contribution in [1.82, 2.24) is 15.2 Å². The molecule has 1 fully saturated rings. The predicted molar refractivity (Wildman–Crippen MR) is 107 cm³/mol. The number of amides is 2. The quantitative estimate of drug-likeness (QED) is 0.850. The fourth-order valence-corrected chi connectivity index (χ4v) is 3.98. The van der Waals surface area contributed by atoms with Gasteiger partial charge in [-0.3, -0.25) is 0 Å². The molecule has 1 aliphatic rings. The lowest BCUT2D eigenvalue weighted by Gasteiger charge is -2.35. The minimum atomic E-state index is -0.169. The Morgan fingerprint density at radius 2 is 1.96 bits per heavy atom. The molecule has 0 aliphatic carbocycles. The van der Waals surface area contributed by atoms with E-state index in [0.29, 0.717) is 18.8 Å². The Morgan fingerprint density at radius 1 is 1.22 bits per heavy atom. The number of carbonyl (C=O) groups excluding carboxylic acids is 1. The van der Waals surface area contributed by atoms with Gasteiger partial charge < -0.3 is 24.6 Å². The largest absolute Gasteiger partial charge is 0.497 e. The van der Waals surface area contributed by atoms with Crippen LogP contribution in [0.25, 0.3) is 0 Å². The Kier molecular flexibility index (Phi) is 6.05. The smallest absolute Gasteiger partial charge is 0.317 e. The normalized spacial score (nSPS) is 15.4. The van der Waals surface area contributed by atoms with Crippen LogP contribution in [0.4, 0.5) is 9.93 Å². The zero-order chi connectivity index (χ0) is 19.4. The summed E-state index contributed by atoms with van der Waals surface area (Å²) >= 11 is 1.65. The van der Waals surface area contributed by atoms with Gasteiger partial charge in [0.2, 0.25) is 0 Å². The fourth-order valence-electron chi connectivity index (χ4n) is 3.12. The molecule has 1 aromatic heterocycles. The van der Waals surface area contributed by atoms with Crippen molar-refractivity contribution in [3.05, 3.63) is 34.8 Å². The van der Waals surface area contributed by atoms with Crippen LogP contribution in [-0.2, 0) is 0 Å². The van der Waals surface area contributed by atoms with Crippen molar-refractivity contribution in [1.29, 1.82) is 0 Å². The lowest BCUT2D eigenvalue weighted by atomic mass is 10.1. The van der Waals surface area contributed by atoms with Gasteiger partial charge in [-0.25, -0.2) is 9.78 Å². The second-order valence-electron chi connectivity index (χ2n) is 6.52. The molecule has 1 aliphatic heterocycles. The number of benzene rings is 1. The van der Waals surface area contributed by atoms with Gasteiger partial charge in [0.15, 0.2) is 5.13 Å². The lowest BCUT2D eigenvalue weighted by Crippen LogP contribution is -2.52. The maximum atomic E-state index is 12.7. The number of rotatable bonds is 5. The zero-order valence-corrected chi connectivity index (χ0v) is 17.0. The van der Waals surface area contributed by atoms with E-state index >= 15 is 0 Å². The van der Waals surface area contributed by atoms with Crippen LogP contribution in [0.2, 0.25) is 0 Å². The highest BCUT2D eigenvalue weighted by Crippen LogP contribution is 2.29. The summed E-state index contributed by atoms with van der Waals surface area (Å²) in [4.78, 5) is 21.3. The number of hydrogen-bond acceptors (Lipinski definition) is 6. The Labute approximate surface area is 163 Å². The van der Waals surface area contributed by atoms with Crippen LogP contribution in [0.15, 0.2) is 23.6 Å². The Hall–Kier alpha value is -2.48. The SMILES string of the molecule is COc1ccc(C(C)NC(=O)N2CCN(c3nc(C)cs3)CC2)c(OC)c1. The van der Waals surface area contributed by atoms with Gasteiger partial charge in [-0.05, 0) is 26.0 Å². The number of carbonyl (C=O) groups is 1. The number of nitrogens with one attached hydrogen (secondary N) is 1. The molecule has 0 spiro atoms. The molecule has 27 heavy (non-hydrogen) atoms. The van der Waals surface area contributed by atoms with E-state index in [1.165, 1.54) is 0 Å². The highest BCUT2D eigenvalue weighted by atomic mass is 32.1. The molecular formula is C19H26N4O3S. The van der Waals surface area contributed by atoms with Crippen LogP contribution in [-0.4, -0.2) is 56.3 Å². The average molecular weight is 391 g/mol. The van der Waals surface area contributed by atoms with Crippen molar-refractivity contribution >= 4 is 22.5 Å². The van der Waals surface area contributed by atoms with E-state index in [-0.39, 0.29) is 12.1 Å². The van der Waals surface area contributed by atoms with Crippen LogP contribution in [0.5, 0.6) is 11.5 Å². The monoisotopic (exact) mass is 390 g/mol. The first-order chi connectivity index (χ1) is 13.0. The third kappa shape index (κ3) is 4.44. The van der Waals surface area contributed by atoms with Gasteiger partial charge in [0, 0.05) is 43.2 Å². The maximum Gasteiger partial charge on any atom is 0.317 e. The molecular weight excluding hydrogens is 364 g/mol. The standard InChI is InChI=1S/C19H26N4O3S/c1-13-12-27-19(20-13)23-9-7-22(8-10-23)18(24)21-14(2)16-6-5-15(25-3)11-17(16)26-4/h5-6,11-12,14H,7-10H2,1-4H3,(H,21,24). The number of anilines is 1. The molecule has 1 N–H and O–H groups in total.